The largest absolute Gasteiger partial charge is 0.311 e. The summed E-state index contributed by atoms with van der Waals surface area (Å²) in [7, 11) is 0. The van der Waals surface area contributed by atoms with E-state index in [-0.39, 0.29) is 0 Å². The van der Waals surface area contributed by atoms with Crippen LogP contribution in [0.2, 0.25) is 0 Å². The third-order valence-electron chi connectivity index (χ3n) is 3.20. The Morgan fingerprint density at radius 3 is 2.53 bits per heavy atom. The molecule has 1 heterocycles. The van der Waals surface area contributed by atoms with Crippen molar-refractivity contribution in [2.24, 2.45) is 0 Å². The summed E-state index contributed by atoms with van der Waals surface area (Å²) in [5, 5.41) is 7.95. The molecule has 0 atom stereocenters. The van der Waals surface area contributed by atoms with Gasteiger partial charge in [-0.2, -0.15) is 5.10 Å². The third kappa shape index (κ3) is 3.67. The standard InChI is InChI=1S/C16H23N3/c1-4-10-17-12-15-9-11-19(18-15)16-7-5-14(6-8-16)13(2)3/h5-9,11,13,17H,4,10,12H2,1-3H3. The van der Waals surface area contributed by atoms with Crippen LogP contribution in [-0.2, 0) is 6.54 Å². The summed E-state index contributed by atoms with van der Waals surface area (Å²) in [4.78, 5) is 0. The van der Waals surface area contributed by atoms with Gasteiger partial charge in [-0.1, -0.05) is 32.9 Å². The van der Waals surface area contributed by atoms with E-state index in [1.165, 1.54) is 5.56 Å². The Kier molecular flexibility index (Phi) is 4.74. The fourth-order valence-corrected chi connectivity index (χ4v) is 2.00. The molecule has 1 aromatic carbocycles. The number of aromatic nitrogens is 2. The van der Waals surface area contributed by atoms with Crippen LogP contribution >= 0.6 is 0 Å². The van der Waals surface area contributed by atoms with Crippen molar-refractivity contribution in [1.29, 1.82) is 0 Å². The summed E-state index contributed by atoms with van der Waals surface area (Å²) >= 11 is 0. The van der Waals surface area contributed by atoms with Crippen LogP contribution in [0.15, 0.2) is 36.5 Å². The molecule has 0 spiro atoms. The lowest BCUT2D eigenvalue weighted by atomic mass is 10.0. The SMILES string of the molecule is CCCNCc1ccn(-c2ccc(C(C)C)cc2)n1. The zero-order valence-corrected chi connectivity index (χ0v) is 12.1. The summed E-state index contributed by atoms with van der Waals surface area (Å²) in [6.07, 6.45) is 3.17. The second-order valence-electron chi connectivity index (χ2n) is 5.17. The molecule has 0 aliphatic heterocycles. The molecule has 19 heavy (non-hydrogen) atoms. The van der Waals surface area contributed by atoms with Crippen LogP contribution in [0.4, 0.5) is 0 Å². The fourth-order valence-electron chi connectivity index (χ4n) is 2.00. The first-order valence-corrected chi connectivity index (χ1v) is 7.06. The summed E-state index contributed by atoms with van der Waals surface area (Å²) in [5.41, 5.74) is 3.56. The molecule has 0 radical (unpaired) electrons. The Balaban J connectivity index is 2.05. The first-order chi connectivity index (χ1) is 9.20. The van der Waals surface area contributed by atoms with Crippen molar-refractivity contribution < 1.29 is 0 Å². The van der Waals surface area contributed by atoms with E-state index in [2.05, 4.69) is 61.5 Å². The number of rotatable bonds is 6. The van der Waals surface area contributed by atoms with Gasteiger partial charge in [0.25, 0.3) is 0 Å². The topological polar surface area (TPSA) is 29.9 Å². The molecule has 0 fully saturated rings. The molecule has 2 rings (SSSR count). The van der Waals surface area contributed by atoms with Crippen LogP contribution in [0.5, 0.6) is 0 Å². The second-order valence-corrected chi connectivity index (χ2v) is 5.17. The van der Waals surface area contributed by atoms with Gasteiger partial charge in [0.15, 0.2) is 0 Å². The Morgan fingerprint density at radius 1 is 1.16 bits per heavy atom. The molecule has 3 nitrogen and oxygen atoms in total. The normalized spacial score (nSPS) is 11.2. The summed E-state index contributed by atoms with van der Waals surface area (Å²) in [6.45, 7) is 8.46. The van der Waals surface area contributed by atoms with Gasteiger partial charge in [-0.3, -0.25) is 0 Å². The van der Waals surface area contributed by atoms with Crippen LogP contribution in [0.1, 0.15) is 44.4 Å². The van der Waals surface area contributed by atoms with Crippen molar-refractivity contribution in [1.82, 2.24) is 15.1 Å². The third-order valence-corrected chi connectivity index (χ3v) is 3.20. The van der Waals surface area contributed by atoms with Crippen molar-refractivity contribution in [3.05, 3.63) is 47.8 Å². The molecule has 0 saturated carbocycles. The van der Waals surface area contributed by atoms with Crippen molar-refractivity contribution in [2.75, 3.05) is 6.54 Å². The van der Waals surface area contributed by atoms with Crippen LogP contribution in [0, 0.1) is 0 Å². The first-order valence-electron chi connectivity index (χ1n) is 7.06. The van der Waals surface area contributed by atoms with Crippen molar-refractivity contribution in [3.8, 4) is 5.69 Å². The molecule has 0 amide bonds. The summed E-state index contributed by atoms with van der Waals surface area (Å²) in [5.74, 6) is 0.570. The van der Waals surface area contributed by atoms with Crippen LogP contribution in [0.25, 0.3) is 5.69 Å². The molecule has 0 aliphatic rings. The minimum Gasteiger partial charge on any atom is -0.311 e. The summed E-state index contributed by atoms with van der Waals surface area (Å²) < 4.78 is 1.94. The maximum Gasteiger partial charge on any atom is 0.0766 e. The van der Waals surface area contributed by atoms with E-state index in [1.54, 1.807) is 0 Å². The van der Waals surface area contributed by atoms with E-state index in [0.29, 0.717) is 5.92 Å². The average molecular weight is 257 g/mol. The Hall–Kier alpha value is -1.61. The van der Waals surface area contributed by atoms with Gasteiger partial charge in [0.2, 0.25) is 0 Å². The van der Waals surface area contributed by atoms with Crippen molar-refractivity contribution in [3.63, 3.8) is 0 Å². The van der Waals surface area contributed by atoms with Crippen LogP contribution < -0.4 is 5.32 Å². The van der Waals surface area contributed by atoms with E-state index in [9.17, 15) is 0 Å². The van der Waals surface area contributed by atoms with Gasteiger partial charge in [-0.05, 0) is 42.6 Å². The van der Waals surface area contributed by atoms with Gasteiger partial charge in [0.05, 0.1) is 11.4 Å². The lowest BCUT2D eigenvalue weighted by molar-refractivity contribution is 0.656. The maximum absolute atomic E-state index is 4.58. The number of nitrogens with zero attached hydrogens (tertiary/aromatic N) is 2. The van der Waals surface area contributed by atoms with Gasteiger partial charge in [0.1, 0.15) is 0 Å². The highest BCUT2D eigenvalue weighted by molar-refractivity contribution is 5.35. The Morgan fingerprint density at radius 2 is 1.89 bits per heavy atom. The highest BCUT2D eigenvalue weighted by atomic mass is 15.3. The zero-order valence-electron chi connectivity index (χ0n) is 12.1. The van der Waals surface area contributed by atoms with Gasteiger partial charge in [0, 0.05) is 12.7 Å². The number of hydrogen-bond acceptors (Lipinski definition) is 2. The maximum atomic E-state index is 4.58. The second kappa shape index (κ2) is 6.53. The molecule has 102 valence electrons. The van der Waals surface area contributed by atoms with Gasteiger partial charge in [-0.15, -0.1) is 0 Å². The average Bonchev–Trinajstić information content (AvgIpc) is 2.88. The number of nitrogens with one attached hydrogen (secondary N) is 1. The number of benzene rings is 1. The predicted octanol–water partition coefficient (Wildman–Crippen LogP) is 3.50. The molecular formula is C16H23N3. The molecular weight excluding hydrogens is 234 g/mol. The molecule has 0 saturated heterocycles. The van der Waals surface area contributed by atoms with E-state index in [4.69, 9.17) is 0 Å². The van der Waals surface area contributed by atoms with Gasteiger partial charge < -0.3 is 5.32 Å². The Bertz CT molecular complexity index is 497. The lowest BCUT2D eigenvalue weighted by Crippen LogP contribution is -2.14. The van der Waals surface area contributed by atoms with Gasteiger partial charge in [-0.25, -0.2) is 4.68 Å². The summed E-state index contributed by atoms with van der Waals surface area (Å²) in [6, 6.07) is 10.7. The molecule has 0 unspecified atom stereocenters. The predicted molar refractivity (Wildman–Crippen MR) is 79.7 cm³/mol. The molecule has 0 bridgehead atoms. The van der Waals surface area contributed by atoms with Crippen LogP contribution in [0.3, 0.4) is 0 Å². The quantitative estimate of drug-likeness (QED) is 0.803. The van der Waals surface area contributed by atoms with E-state index < -0.39 is 0 Å². The minimum absolute atomic E-state index is 0.570. The minimum atomic E-state index is 0.570. The smallest absolute Gasteiger partial charge is 0.0766 e. The molecule has 3 heteroatoms. The van der Waals surface area contributed by atoms with Gasteiger partial charge >= 0.3 is 0 Å². The van der Waals surface area contributed by atoms with Crippen molar-refractivity contribution >= 4 is 0 Å². The van der Waals surface area contributed by atoms with E-state index in [0.717, 1.165) is 30.9 Å². The monoisotopic (exact) mass is 257 g/mol. The van der Waals surface area contributed by atoms with Crippen LogP contribution in [-0.4, -0.2) is 16.3 Å². The Labute approximate surface area is 115 Å². The number of hydrogen-bond donors (Lipinski definition) is 1. The molecule has 1 N–H and O–H groups in total. The fraction of sp³-hybridized carbons (Fsp3) is 0.438. The zero-order chi connectivity index (χ0) is 13.7. The van der Waals surface area contributed by atoms with Crippen molar-refractivity contribution in [2.45, 2.75) is 39.7 Å². The van der Waals surface area contributed by atoms with E-state index in [1.807, 2.05) is 10.9 Å². The molecule has 1 aromatic heterocycles. The molecule has 0 aliphatic carbocycles. The molecule has 2 aromatic rings. The van der Waals surface area contributed by atoms with E-state index >= 15 is 0 Å². The lowest BCUT2D eigenvalue weighted by Gasteiger charge is -2.07. The highest BCUT2D eigenvalue weighted by Gasteiger charge is 2.02. The highest BCUT2D eigenvalue weighted by Crippen LogP contribution is 2.16. The first kappa shape index (κ1) is 13.8.